The summed E-state index contributed by atoms with van der Waals surface area (Å²) >= 11 is 1.78. The van der Waals surface area contributed by atoms with Crippen molar-refractivity contribution in [2.24, 2.45) is 0 Å². The first kappa shape index (κ1) is 18.7. The monoisotopic (exact) mass is 376 g/mol. The Kier molecular flexibility index (Phi) is 6.15. The summed E-state index contributed by atoms with van der Waals surface area (Å²) in [5, 5.41) is 12.2. The lowest BCUT2D eigenvalue weighted by Crippen LogP contribution is -2.43. The Balaban J connectivity index is 2.00. The van der Waals surface area contributed by atoms with E-state index in [1.165, 1.54) is 14.6 Å². The number of thioether (sulfide) groups is 1. The van der Waals surface area contributed by atoms with Crippen LogP contribution in [0.4, 0.5) is 0 Å². The molecule has 3 aromatic carbocycles. The van der Waals surface area contributed by atoms with Crippen LogP contribution in [0.3, 0.4) is 0 Å². The third-order valence-corrected chi connectivity index (χ3v) is 10.4. The Morgan fingerprint density at radius 3 is 1.88 bits per heavy atom. The zero-order chi connectivity index (χ0) is 18.4. The Hall–Kier alpha value is -2.07. The Bertz CT molecular complexity index is 845. The van der Waals surface area contributed by atoms with E-state index in [-0.39, 0.29) is 0 Å². The molecule has 1 atom stereocenters. The fraction of sp³-hybridized carbons (Fsp3) is 0.130. The first-order valence-corrected chi connectivity index (χ1v) is 12.6. The third-order valence-electron chi connectivity index (χ3n) is 4.53. The second-order valence-corrected chi connectivity index (χ2v) is 12.6. The van der Waals surface area contributed by atoms with Crippen LogP contribution in [0.2, 0.25) is 13.1 Å². The fourth-order valence-electron chi connectivity index (χ4n) is 2.87. The first-order valence-electron chi connectivity index (χ1n) is 8.81. The minimum absolute atomic E-state index is 0.599. The molecule has 0 aromatic heterocycles. The van der Waals surface area contributed by atoms with Crippen LogP contribution in [-0.2, 0) is 0 Å². The number of hydrogen-bond acceptors (Lipinski definition) is 2. The molecule has 132 valence electrons. The van der Waals surface area contributed by atoms with Gasteiger partial charge in [-0.25, -0.2) is 0 Å². The summed E-state index contributed by atoms with van der Waals surface area (Å²) in [5.41, 5.74) is 0.927. The van der Waals surface area contributed by atoms with Crippen molar-refractivity contribution >= 4 is 25.0 Å². The number of rotatable bonds is 6. The zero-order valence-corrected chi connectivity index (χ0v) is 17.0. The summed E-state index contributed by atoms with van der Waals surface area (Å²) in [6.07, 6.45) is 1.45. The van der Waals surface area contributed by atoms with Crippen molar-refractivity contribution in [1.29, 1.82) is 0 Å². The van der Waals surface area contributed by atoms with Crippen molar-refractivity contribution in [3.8, 4) is 0 Å². The van der Waals surface area contributed by atoms with Crippen molar-refractivity contribution in [1.82, 2.24) is 0 Å². The van der Waals surface area contributed by atoms with Gasteiger partial charge >= 0.3 is 0 Å². The van der Waals surface area contributed by atoms with Crippen LogP contribution in [0.15, 0.2) is 106 Å². The molecular weight excluding hydrogens is 352 g/mol. The summed E-state index contributed by atoms with van der Waals surface area (Å²) in [6.45, 7) is 4.70. The van der Waals surface area contributed by atoms with E-state index in [1.807, 2.05) is 42.5 Å². The minimum Gasteiger partial charge on any atom is -0.384 e. The van der Waals surface area contributed by atoms with Gasteiger partial charge in [0.25, 0.3) is 0 Å². The van der Waals surface area contributed by atoms with Gasteiger partial charge in [-0.2, -0.15) is 0 Å². The smallest absolute Gasteiger partial charge is 0.120 e. The molecule has 26 heavy (non-hydrogen) atoms. The summed E-state index contributed by atoms with van der Waals surface area (Å²) in [7, 11) is -1.92. The fourth-order valence-corrected chi connectivity index (χ4v) is 7.23. The Morgan fingerprint density at radius 2 is 1.31 bits per heavy atom. The van der Waals surface area contributed by atoms with Crippen LogP contribution in [0, 0.1) is 0 Å². The molecule has 0 spiro atoms. The van der Waals surface area contributed by atoms with Crippen LogP contribution in [-0.4, -0.2) is 13.2 Å². The number of aliphatic hydroxyl groups excluding tert-OH is 1. The zero-order valence-electron chi connectivity index (χ0n) is 15.2. The van der Waals surface area contributed by atoms with Gasteiger partial charge in [0.15, 0.2) is 0 Å². The highest BCUT2D eigenvalue weighted by Crippen LogP contribution is 2.35. The van der Waals surface area contributed by atoms with Crippen LogP contribution in [0.1, 0.15) is 11.7 Å². The van der Waals surface area contributed by atoms with Crippen LogP contribution >= 0.6 is 11.8 Å². The maximum Gasteiger partial charge on any atom is 0.120 e. The average molecular weight is 377 g/mol. The van der Waals surface area contributed by atoms with Gasteiger partial charge in [-0.05, 0) is 28.3 Å². The van der Waals surface area contributed by atoms with Crippen LogP contribution in [0.5, 0.6) is 0 Å². The predicted molar refractivity (Wildman–Crippen MR) is 115 cm³/mol. The number of benzene rings is 3. The average Bonchev–Trinajstić information content (AvgIpc) is 2.69. The van der Waals surface area contributed by atoms with Gasteiger partial charge in [-0.15, -0.1) is 0 Å². The normalized spacial score (nSPS) is 13.4. The molecule has 0 aliphatic carbocycles. The predicted octanol–water partition coefficient (Wildman–Crippen LogP) is 5.55. The topological polar surface area (TPSA) is 20.2 Å². The molecule has 1 unspecified atom stereocenters. The number of hydrogen-bond donors (Lipinski definition) is 1. The molecular formula is C23H24OSSi. The largest absolute Gasteiger partial charge is 0.384 e. The highest BCUT2D eigenvalue weighted by molar-refractivity contribution is 8.05. The van der Waals surface area contributed by atoms with Crippen LogP contribution in [0.25, 0.3) is 0 Å². The molecule has 3 heteroatoms. The quantitative estimate of drug-likeness (QED) is 0.449. The maximum atomic E-state index is 10.8. The van der Waals surface area contributed by atoms with E-state index in [2.05, 4.69) is 67.7 Å². The van der Waals surface area contributed by atoms with Gasteiger partial charge < -0.3 is 5.11 Å². The van der Waals surface area contributed by atoms with Crippen molar-refractivity contribution in [3.63, 3.8) is 0 Å². The highest BCUT2D eigenvalue weighted by Gasteiger charge is 2.30. The molecule has 0 heterocycles. The van der Waals surface area contributed by atoms with E-state index < -0.39 is 14.2 Å². The van der Waals surface area contributed by atoms with Gasteiger partial charge in [-0.3, -0.25) is 0 Å². The van der Waals surface area contributed by atoms with Gasteiger partial charge in [0.2, 0.25) is 0 Å². The highest BCUT2D eigenvalue weighted by atomic mass is 32.2. The second kappa shape index (κ2) is 8.54. The summed E-state index contributed by atoms with van der Waals surface area (Å²) in [6, 6.07) is 30.9. The lowest BCUT2D eigenvalue weighted by atomic mass is 10.1. The van der Waals surface area contributed by atoms with Crippen molar-refractivity contribution < 1.29 is 5.11 Å². The standard InChI is InChI=1S/C23H24OSSi/c1-26(2,21-16-10-5-11-17-21)23(25-20-14-8-4-9-15-20)18-22(24)19-12-6-3-7-13-19/h3-18,22,24H,1-2H3/b23-18+. The van der Waals surface area contributed by atoms with Gasteiger partial charge in [-0.1, -0.05) is 109 Å². The van der Waals surface area contributed by atoms with E-state index in [0.29, 0.717) is 0 Å². The van der Waals surface area contributed by atoms with Crippen molar-refractivity contribution in [2.75, 3.05) is 0 Å². The molecule has 0 amide bonds. The van der Waals surface area contributed by atoms with E-state index in [1.54, 1.807) is 11.8 Å². The second-order valence-electron chi connectivity index (χ2n) is 6.79. The summed E-state index contributed by atoms with van der Waals surface area (Å²) in [5.74, 6) is 0. The van der Waals surface area contributed by atoms with Crippen molar-refractivity contribution in [3.05, 3.63) is 107 Å². The molecule has 0 aliphatic rings. The third kappa shape index (κ3) is 4.55. The number of aliphatic hydroxyl groups is 1. The van der Waals surface area contributed by atoms with Crippen molar-refractivity contribution in [2.45, 2.75) is 24.1 Å². The molecule has 0 fully saturated rings. The van der Waals surface area contributed by atoms with E-state index in [4.69, 9.17) is 0 Å². The van der Waals surface area contributed by atoms with Gasteiger partial charge in [0, 0.05) is 4.90 Å². The van der Waals surface area contributed by atoms with Gasteiger partial charge in [0.05, 0.1) is 6.10 Å². The molecule has 0 bridgehead atoms. The summed E-state index contributed by atoms with van der Waals surface area (Å²) < 4.78 is 1.27. The van der Waals surface area contributed by atoms with Crippen LogP contribution < -0.4 is 5.19 Å². The molecule has 0 radical (unpaired) electrons. The minimum atomic E-state index is -1.92. The maximum absolute atomic E-state index is 10.8. The molecule has 0 aliphatic heterocycles. The first-order chi connectivity index (χ1) is 12.6. The molecule has 3 rings (SSSR count). The van der Waals surface area contributed by atoms with Gasteiger partial charge in [0.1, 0.15) is 8.07 Å². The van der Waals surface area contributed by atoms with E-state index in [9.17, 15) is 5.11 Å². The molecule has 0 saturated carbocycles. The lowest BCUT2D eigenvalue weighted by Gasteiger charge is -2.27. The van der Waals surface area contributed by atoms with E-state index in [0.717, 1.165) is 5.56 Å². The molecule has 0 saturated heterocycles. The molecule has 1 N–H and O–H groups in total. The summed E-state index contributed by atoms with van der Waals surface area (Å²) in [4.78, 5) is 1.20. The lowest BCUT2D eigenvalue weighted by molar-refractivity contribution is 0.228. The molecule has 1 nitrogen and oxygen atoms in total. The molecule has 3 aromatic rings. The SMILES string of the molecule is C[Si](C)(/C(=C/C(O)c1ccccc1)Sc1ccccc1)c1ccccc1. The van der Waals surface area contributed by atoms with E-state index >= 15 is 0 Å². The Morgan fingerprint density at radius 1 is 0.808 bits per heavy atom. The Labute approximate surface area is 161 Å².